The summed E-state index contributed by atoms with van der Waals surface area (Å²) in [5.74, 6) is 0.237. The van der Waals surface area contributed by atoms with Crippen molar-refractivity contribution in [1.82, 2.24) is 10.2 Å². The Kier molecular flexibility index (Phi) is 8.67. The zero-order chi connectivity index (χ0) is 14.6. The summed E-state index contributed by atoms with van der Waals surface area (Å²) >= 11 is 0. The highest BCUT2D eigenvalue weighted by molar-refractivity contribution is 5.78. The highest BCUT2D eigenvalue weighted by Gasteiger charge is 2.15. The van der Waals surface area contributed by atoms with Crippen LogP contribution in [-0.4, -0.2) is 37.0 Å². The summed E-state index contributed by atoms with van der Waals surface area (Å²) < 4.78 is 0. The fraction of sp³-hybridized carbons (Fsp3) is 0.562. The van der Waals surface area contributed by atoms with Gasteiger partial charge in [0.1, 0.15) is 0 Å². The molecule has 0 atom stereocenters. The first-order chi connectivity index (χ1) is 9.77. The van der Waals surface area contributed by atoms with Crippen LogP contribution >= 0.6 is 0 Å². The van der Waals surface area contributed by atoms with Crippen molar-refractivity contribution in [3.8, 4) is 0 Å². The van der Waals surface area contributed by atoms with Crippen molar-refractivity contribution in [2.45, 2.75) is 32.7 Å². The van der Waals surface area contributed by atoms with Crippen molar-refractivity contribution in [3.05, 3.63) is 35.9 Å². The second kappa shape index (κ2) is 10.4. The molecule has 0 unspecified atom stereocenters. The quantitative estimate of drug-likeness (QED) is 0.881. The van der Waals surface area contributed by atoms with Gasteiger partial charge in [0.25, 0.3) is 0 Å². The van der Waals surface area contributed by atoms with Crippen LogP contribution in [0.1, 0.15) is 31.7 Å². The van der Waals surface area contributed by atoms with Crippen molar-refractivity contribution in [1.29, 1.82) is 0 Å². The highest BCUT2D eigenvalue weighted by Crippen LogP contribution is 2.08. The van der Waals surface area contributed by atoms with E-state index in [1.54, 1.807) is 0 Å². The summed E-state index contributed by atoms with van der Waals surface area (Å²) in [6.45, 7) is 5.74. The number of carbonyl (C=O) groups excluding carboxylic acids is 1. The molecule has 0 bridgehead atoms. The first-order valence-corrected chi connectivity index (χ1v) is 7.50. The van der Waals surface area contributed by atoms with E-state index in [4.69, 9.17) is 5.73 Å². The molecule has 1 amide bonds. The van der Waals surface area contributed by atoms with Crippen molar-refractivity contribution in [2.24, 2.45) is 5.73 Å². The fourth-order valence-corrected chi connectivity index (χ4v) is 2.16. The van der Waals surface area contributed by atoms with Gasteiger partial charge in [-0.2, -0.15) is 0 Å². The molecule has 0 spiro atoms. The number of likely N-dealkylation sites (tertiary alicyclic amines) is 1. The summed E-state index contributed by atoms with van der Waals surface area (Å²) in [5, 5.41) is 3.21. The summed E-state index contributed by atoms with van der Waals surface area (Å²) in [4.78, 5) is 13.8. The monoisotopic (exact) mass is 277 g/mol. The fourth-order valence-electron chi connectivity index (χ4n) is 2.16. The Hall–Kier alpha value is -1.39. The van der Waals surface area contributed by atoms with Gasteiger partial charge >= 0.3 is 0 Å². The summed E-state index contributed by atoms with van der Waals surface area (Å²) in [5.41, 5.74) is 6.07. The zero-order valence-electron chi connectivity index (χ0n) is 12.5. The van der Waals surface area contributed by atoms with E-state index >= 15 is 0 Å². The molecule has 1 fully saturated rings. The molecule has 1 aromatic rings. The van der Waals surface area contributed by atoms with Crippen LogP contribution in [-0.2, 0) is 11.3 Å². The number of piperidine rings is 1. The Morgan fingerprint density at radius 2 is 1.80 bits per heavy atom. The molecule has 1 aliphatic rings. The number of benzene rings is 1. The van der Waals surface area contributed by atoms with Gasteiger partial charge in [0.15, 0.2) is 0 Å². The van der Waals surface area contributed by atoms with Gasteiger partial charge in [-0.05, 0) is 31.4 Å². The minimum absolute atomic E-state index is 0.237. The lowest BCUT2D eigenvalue weighted by atomic mass is 10.1. The van der Waals surface area contributed by atoms with Gasteiger partial charge in [-0.1, -0.05) is 37.3 Å². The lowest BCUT2D eigenvalue weighted by Crippen LogP contribution is -2.40. The molecule has 2 rings (SSSR count). The predicted octanol–water partition coefficient (Wildman–Crippen LogP) is 1.75. The molecule has 0 radical (unpaired) electrons. The Labute approximate surface area is 122 Å². The lowest BCUT2D eigenvalue weighted by Gasteiger charge is -2.26. The van der Waals surface area contributed by atoms with Crippen LogP contribution < -0.4 is 11.1 Å². The first-order valence-electron chi connectivity index (χ1n) is 7.50. The number of hydrogen-bond acceptors (Lipinski definition) is 3. The zero-order valence-corrected chi connectivity index (χ0v) is 12.5. The maximum atomic E-state index is 11.9. The molecule has 0 aliphatic carbocycles. The van der Waals surface area contributed by atoms with E-state index in [1.165, 1.54) is 12.0 Å². The highest BCUT2D eigenvalue weighted by atomic mass is 16.2. The van der Waals surface area contributed by atoms with Crippen molar-refractivity contribution >= 4 is 5.91 Å². The molecule has 3 N–H and O–H groups in total. The number of nitrogens with zero attached hydrogens (tertiary/aromatic N) is 1. The van der Waals surface area contributed by atoms with Gasteiger partial charge in [0.05, 0.1) is 6.54 Å². The van der Waals surface area contributed by atoms with E-state index in [0.717, 1.165) is 39.0 Å². The standard InChI is InChI=1S/C14H20N2O.C2H7N/c17-14(16-9-5-2-6-10-16)12-15-11-13-7-3-1-4-8-13;1-2-3/h1,3-4,7-8,15H,2,5-6,9-12H2;2-3H2,1H3. The minimum atomic E-state index is 0.237. The van der Waals surface area contributed by atoms with Crippen molar-refractivity contribution in [3.63, 3.8) is 0 Å². The summed E-state index contributed by atoms with van der Waals surface area (Å²) in [7, 11) is 0. The maximum absolute atomic E-state index is 11.9. The van der Waals surface area contributed by atoms with Crippen LogP contribution in [0.3, 0.4) is 0 Å². The SMILES string of the molecule is CCN.O=C(CNCc1ccccc1)N1CCCCC1. The summed E-state index contributed by atoms with van der Waals surface area (Å²) in [6, 6.07) is 10.2. The number of amides is 1. The average Bonchev–Trinajstić information content (AvgIpc) is 2.50. The van der Waals surface area contributed by atoms with E-state index in [1.807, 2.05) is 30.0 Å². The molecular weight excluding hydrogens is 250 g/mol. The van der Waals surface area contributed by atoms with Gasteiger partial charge in [-0.25, -0.2) is 0 Å². The Morgan fingerprint density at radius 1 is 1.20 bits per heavy atom. The normalized spacial score (nSPS) is 14.4. The van der Waals surface area contributed by atoms with Crippen molar-refractivity contribution in [2.75, 3.05) is 26.2 Å². The molecule has 1 saturated heterocycles. The second-order valence-electron chi connectivity index (χ2n) is 4.94. The molecule has 20 heavy (non-hydrogen) atoms. The lowest BCUT2D eigenvalue weighted by molar-refractivity contribution is -0.131. The third-order valence-electron chi connectivity index (χ3n) is 3.16. The molecule has 1 heterocycles. The van der Waals surface area contributed by atoms with Crippen LogP contribution in [0, 0.1) is 0 Å². The smallest absolute Gasteiger partial charge is 0.236 e. The molecule has 112 valence electrons. The maximum Gasteiger partial charge on any atom is 0.236 e. The molecular formula is C16H27N3O. The predicted molar refractivity (Wildman–Crippen MR) is 83.3 cm³/mol. The largest absolute Gasteiger partial charge is 0.342 e. The van der Waals surface area contributed by atoms with Crippen molar-refractivity contribution < 1.29 is 4.79 Å². The van der Waals surface area contributed by atoms with Crippen LogP contribution in [0.4, 0.5) is 0 Å². The first kappa shape index (κ1) is 16.7. The van der Waals surface area contributed by atoms with Crippen LogP contribution in [0.5, 0.6) is 0 Å². The Balaban J connectivity index is 0.000000612. The molecule has 0 saturated carbocycles. The molecule has 4 nitrogen and oxygen atoms in total. The topological polar surface area (TPSA) is 58.4 Å². The number of nitrogens with two attached hydrogens (primary N) is 1. The summed E-state index contributed by atoms with van der Waals surface area (Å²) in [6.07, 6.45) is 3.58. The van der Waals surface area contributed by atoms with Crippen LogP contribution in [0.25, 0.3) is 0 Å². The van der Waals surface area contributed by atoms with E-state index < -0.39 is 0 Å². The van der Waals surface area contributed by atoms with Crippen LogP contribution in [0.15, 0.2) is 30.3 Å². The average molecular weight is 277 g/mol. The number of nitrogens with one attached hydrogen (secondary N) is 1. The van der Waals surface area contributed by atoms with Gasteiger partial charge < -0.3 is 16.0 Å². The van der Waals surface area contributed by atoms with E-state index in [0.29, 0.717) is 6.54 Å². The Bertz CT molecular complexity index is 361. The number of rotatable bonds is 4. The van der Waals surface area contributed by atoms with Gasteiger partial charge in [-0.15, -0.1) is 0 Å². The number of hydrogen-bond donors (Lipinski definition) is 2. The van der Waals surface area contributed by atoms with E-state index in [-0.39, 0.29) is 5.91 Å². The minimum Gasteiger partial charge on any atom is -0.342 e. The third kappa shape index (κ3) is 6.68. The second-order valence-corrected chi connectivity index (χ2v) is 4.94. The van der Waals surface area contributed by atoms with E-state index in [9.17, 15) is 4.79 Å². The molecule has 0 aromatic heterocycles. The van der Waals surface area contributed by atoms with Crippen LogP contribution in [0.2, 0.25) is 0 Å². The molecule has 1 aromatic carbocycles. The number of carbonyl (C=O) groups is 1. The molecule has 4 heteroatoms. The third-order valence-corrected chi connectivity index (χ3v) is 3.16. The Morgan fingerprint density at radius 3 is 2.40 bits per heavy atom. The van der Waals surface area contributed by atoms with Gasteiger partial charge in [-0.3, -0.25) is 4.79 Å². The van der Waals surface area contributed by atoms with Gasteiger partial charge in [0, 0.05) is 19.6 Å². The van der Waals surface area contributed by atoms with E-state index in [2.05, 4.69) is 17.4 Å². The molecule has 1 aliphatic heterocycles. The van der Waals surface area contributed by atoms with Gasteiger partial charge in [0.2, 0.25) is 5.91 Å².